The summed E-state index contributed by atoms with van der Waals surface area (Å²) in [6, 6.07) is 13.8. The van der Waals surface area contributed by atoms with Gasteiger partial charge in [0.25, 0.3) is 11.7 Å². The van der Waals surface area contributed by atoms with E-state index in [1.807, 2.05) is 31.2 Å². The third-order valence-corrected chi connectivity index (χ3v) is 6.60. The Hall–Kier alpha value is -2.68. The highest BCUT2D eigenvalue weighted by Gasteiger charge is 2.46. The summed E-state index contributed by atoms with van der Waals surface area (Å²) in [6.07, 6.45) is 0.855. The second kappa shape index (κ2) is 11.2. The standard InChI is InChI=1S/C26H29BrN2O5/c1-2-14-34-21-5-3-4-19(17-21)24(30)22-23(18-6-8-20(27)9-7-18)29(26(32)25(22)31)11-10-28-12-15-33-16-13-28/h3-9,17,23,30H,2,10-16H2,1H3/b24-22+. The molecule has 4 rings (SSSR count). The molecule has 180 valence electrons. The number of rotatable bonds is 8. The van der Waals surface area contributed by atoms with Crippen LogP contribution in [0.25, 0.3) is 5.76 Å². The number of carbonyl (C=O) groups is 2. The van der Waals surface area contributed by atoms with Crippen molar-refractivity contribution < 1.29 is 24.2 Å². The fraction of sp³-hybridized carbons (Fsp3) is 0.385. The first-order valence-electron chi connectivity index (χ1n) is 11.6. The predicted octanol–water partition coefficient (Wildman–Crippen LogP) is 3.99. The number of carbonyl (C=O) groups excluding carboxylic acids is 2. The van der Waals surface area contributed by atoms with Crippen molar-refractivity contribution in [3.8, 4) is 5.75 Å². The van der Waals surface area contributed by atoms with Crippen LogP contribution in [0.5, 0.6) is 5.75 Å². The van der Waals surface area contributed by atoms with Crippen molar-refractivity contribution in [2.45, 2.75) is 19.4 Å². The molecule has 2 saturated heterocycles. The Balaban J connectivity index is 1.71. The van der Waals surface area contributed by atoms with Crippen LogP contribution in [-0.2, 0) is 14.3 Å². The summed E-state index contributed by atoms with van der Waals surface area (Å²) in [5, 5.41) is 11.3. The van der Waals surface area contributed by atoms with Crippen molar-refractivity contribution in [1.82, 2.24) is 9.80 Å². The molecule has 0 spiro atoms. The summed E-state index contributed by atoms with van der Waals surface area (Å²) >= 11 is 3.44. The maximum Gasteiger partial charge on any atom is 0.295 e. The molecule has 7 nitrogen and oxygen atoms in total. The average molecular weight is 529 g/mol. The van der Waals surface area contributed by atoms with E-state index in [0.717, 1.165) is 29.5 Å². The molecule has 2 aliphatic heterocycles. The largest absolute Gasteiger partial charge is 0.507 e. The van der Waals surface area contributed by atoms with Crippen LogP contribution in [0.1, 0.15) is 30.5 Å². The van der Waals surface area contributed by atoms with Gasteiger partial charge in [-0.05, 0) is 36.2 Å². The lowest BCUT2D eigenvalue weighted by Gasteiger charge is -2.31. The number of ketones is 1. The molecule has 1 atom stereocenters. The number of aliphatic hydroxyl groups is 1. The molecule has 34 heavy (non-hydrogen) atoms. The summed E-state index contributed by atoms with van der Waals surface area (Å²) in [4.78, 5) is 30.1. The van der Waals surface area contributed by atoms with Crippen molar-refractivity contribution in [1.29, 1.82) is 0 Å². The monoisotopic (exact) mass is 528 g/mol. The highest BCUT2D eigenvalue weighted by atomic mass is 79.9. The van der Waals surface area contributed by atoms with E-state index in [9.17, 15) is 14.7 Å². The lowest BCUT2D eigenvalue weighted by atomic mass is 9.95. The van der Waals surface area contributed by atoms with Crippen LogP contribution < -0.4 is 4.74 Å². The van der Waals surface area contributed by atoms with Crippen molar-refractivity contribution in [3.63, 3.8) is 0 Å². The van der Waals surface area contributed by atoms with Crippen LogP contribution in [0, 0.1) is 0 Å². The van der Waals surface area contributed by atoms with Gasteiger partial charge in [-0.1, -0.05) is 47.1 Å². The van der Waals surface area contributed by atoms with Crippen LogP contribution in [0.3, 0.4) is 0 Å². The summed E-state index contributed by atoms with van der Waals surface area (Å²) in [6.45, 7) is 6.46. The Kier molecular flexibility index (Phi) is 8.03. The first-order chi connectivity index (χ1) is 16.5. The predicted molar refractivity (Wildman–Crippen MR) is 133 cm³/mol. The van der Waals surface area contributed by atoms with Gasteiger partial charge in [-0.3, -0.25) is 14.5 Å². The van der Waals surface area contributed by atoms with Gasteiger partial charge >= 0.3 is 0 Å². The van der Waals surface area contributed by atoms with E-state index in [1.165, 1.54) is 0 Å². The Labute approximate surface area is 208 Å². The minimum Gasteiger partial charge on any atom is -0.507 e. The Morgan fingerprint density at radius 2 is 1.85 bits per heavy atom. The third kappa shape index (κ3) is 5.35. The maximum atomic E-state index is 13.2. The Bertz CT molecular complexity index is 1060. The van der Waals surface area contributed by atoms with Crippen LogP contribution in [-0.4, -0.2) is 72.6 Å². The minimum atomic E-state index is -0.674. The molecule has 0 saturated carbocycles. The number of likely N-dealkylation sites (tertiary alicyclic amines) is 1. The van der Waals surface area contributed by atoms with E-state index in [1.54, 1.807) is 29.2 Å². The van der Waals surface area contributed by atoms with E-state index in [-0.39, 0.29) is 11.3 Å². The number of hydrogen-bond donors (Lipinski definition) is 1. The normalized spacial score (nSPS) is 20.6. The molecule has 2 aromatic rings. The Morgan fingerprint density at radius 3 is 2.56 bits per heavy atom. The van der Waals surface area contributed by atoms with Crippen molar-refractivity contribution >= 4 is 33.4 Å². The fourth-order valence-corrected chi connectivity index (χ4v) is 4.55. The summed E-state index contributed by atoms with van der Waals surface area (Å²) in [7, 11) is 0. The molecule has 1 amide bonds. The first kappa shape index (κ1) is 24.4. The van der Waals surface area contributed by atoms with Gasteiger partial charge < -0.3 is 19.5 Å². The molecule has 1 N–H and O–H groups in total. The molecule has 8 heteroatoms. The average Bonchev–Trinajstić information content (AvgIpc) is 3.12. The van der Waals surface area contributed by atoms with Crippen LogP contribution in [0.15, 0.2) is 58.6 Å². The fourth-order valence-electron chi connectivity index (χ4n) is 4.28. The maximum absolute atomic E-state index is 13.2. The van der Waals surface area contributed by atoms with Gasteiger partial charge in [0, 0.05) is 36.2 Å². The van der Waals surface area contributed by atoms with E-state index < -0.39 is 17.7 Å². The summed E-state index contributed by atoms with van der Waals surface area (Å²) < 4.78 is 12.0. The van der Waals surface area contributed by atoms with Crippen molar-refractivity contribution in [3.05, 3.63) is 69.7 Å². The molecule has 0 radical (unpaired) electrons. The quantitative estimate of drug-likeness (QED) is 0.317. The molecule has 2 aromatic carbocycles. The third-order valence-electron chi connectivity index (χ3n) is 6.07. The van der Waals surface area contributed by atoms with Gasteiger partial charge in [0.2, 0.25) is 0 Å². The number of halogens is 1. The van der Waals surface area contributed by atoms with Crippen LogP contribution >= 0.6 is 15.9 Å². The van der Waals surface area contributed by atoms with E-state index >= 15 is 0 Å². The molecule has 0 aliphatic carbocycles. The molecule has 0 bridgehead atoms. The second-order valence-electron chi connectivity index (χ2n) is 8.37. The first-order valence-corrected chi connectivity index (χ1v) is 12.4. The highest BCUT2D eigenvalue weighted by Crippen LogP contribution is 2.40. The summed E-state index contributed by atoms with van der Waals surface area (Å²) in [5.41, 5.74) is 1.31. The van der Waals surface area contributed by atoms with Crippen LogP contribution in [0.2, 0.25) is 0 Å². The Morgan fingerprint density at radius 1 is 1.12 bits per heavy atom. The van der Waals surface area contributed by atoms with E-state index in [2.05, 4.69) is 20.8 Å². The van der Waals surface area contributed by atoms with Gasteiger partial charge in [-0.2, -0.15) is 0 Å². The lowest BCUT2D eigenvalue weighted by molar-refractivity contribution is -0.140. The zero-order valence-electron chi connectivity index (χ0n) is 19.2. The van der Waals surface area contributed by atoms with Gasteiger partial charge in [0.15, 0.2) is 0 Å². The van der Waals surface area contributed by atoms with E-state index in [0.29, 0.717) is 44.2 Å². The number of benzene rings is 2. The molecule has 2 fully saturated rings. The number of hydrogen-bond acceptors (Lipinski definition) is 6. The lowest BCUT2D eigenvalue weighted by Crippen LogP contribution is -2.42. The van der Waals surface area contributed by atoms with Crippen molar-refractivity contribution in [2.75, 3.05) is 46.0 Å². The van der Waals surface area contributed by atoms with Gasteiger partial charge in [0.1, 0.15) is 11.5 Å². The van der Waals surface area contributed by atoms with Crippen LogP contribution in [0.4, 0.5) is 0 Å². The number of ether oxygens (including phenoxy) is 2. The van der Waals surface area contributed by atoms with Gasteiger partial charge in [-0.25, -0.2) is 0 Å². The number of nitrogens with zero attached hydrogens (tertiary/aromatic N) is 2. The van der Waals surface area contributed by atoms with E-state index in [4.69, 9.17) is 9.47 Å². The zero-order chi connectivity index (χ0) is 24.1. The molecular weight excluding hydrogens is 500 g/mol. The van der Waals surface area contributed by atoms with Crippen molar-refractivity contribution in [2.24, 2.45) is 0 Å². The number of amides is 1. The molecule has 0 aromatic heterocycles. The van der Waals surface area contributed by atoms with Gasteiger partial charge in [0.05, 0.1) is 31.4 Å². The SMILES string of the molecule is CCCOc1cccc(/C(O)=C2\C(=O)C(=O)N(CCN3CCOCC3)C2c2ccc(Br)cc2)c1. The van der Waals surface area contributed by atoms with Gasteiger partial charge in [-0.15, -0.1) is 0 Å². The zero-order valence-corrected chi connectivity index (χ0v) is 20.8. The number of aliphatic hydroxyl groups excluding tert-OH is 1. The number of Topliss-reactive ketones (excluding diaryl/α,β-unsaturated/α-hetero) is 1. The topological polar surface area (TPSA) is 79.3 Å². The molecule has 2 heterocycles. The molecular formula is C26H29BrN2O5. The second-order valence-corrected chi connectivity index (χ2v) is 9.29. The smallest absolute Gasteiger partial charge is 0.295 e. The number of morpholine rings is 1. The minimum absolute atomic E-state index is 0.0990. The summed E-state index contributed by atoms with van der Waals surface area (Å²) in [5.74, 6) is -0.858. The molecule has 1 unspecified atom stereocenters. The molecule has 2 aliphatic rings. The highest BCUT2D eigenvalue weighted by molar-refractivity contribution is 9.10.